The highest BCUT2D eigenvalue weighted by Crippen LogP contribution is 2.30. The minimum Gasteiger partial charge on any atom is -0.358 e. The molecule has 0 atom stereocenters. The van der Waals surface area contributed by atoms with Gasteiger partial charge in [0.05, 0.1) is 0 Å². The van der Waals surface area contributed by atoms with Crippen LogP contribution in [0.5, 0.6) is 0 Å². The highest BCUT2D eigenvalue weighted by molar-refractivity contribution is 6.77. The molecule has 0 amide bonds. The van der Waals surface area contributed by atoms with E-state index in [1.165, 1.54) is 4.57 Å². The lowest BCUT2D eigenvalue weighted by Gasteiger charge is -2.06. The van der Waals surface area contributed by atoms with E-state index in [4.69, 9.17) is 34.8 Å². The number of ketones is 1. The van der Waals surface area contributed by atoms with Crippen molar-refractivity contribution in [1.82, 2.24) is 9.55 Å². The van der Waals surface area contributed by atoms with E-state index in [0.29, 0.717) is 6.54 Å². The molecule has 0 aromatic carbocycles. The minimum absolute atomic E-state index is 0.241. The van der Waals surface area contributed by atoms with Gasteiger partial charge in [0.1, 0.15) is 6.20 Å². The summed E-state index contributed by atoms with van der Waals surface area (Å²) in [6.07, 6.45) is 1.11. The van der Waals surface area contributed by atoms with E-state index in [1.807, 2.05) is 0 Å². The summed E-state index contributed by atoms with van der Waals surface area (Å²) in [5.41, 5.74) is 0. The Morgan fingerprint density at radius 1 is 1.62 bits per heavy atom. The molecule has 16 heavy (non-hydrogen) atoms. The number of imidazole rings is 1. The number of aryl methyl sites for hydroxylation is 1. The Hall–Kier alpha value is -0.850. The van der Waals surface area contributed by atoms with Crippen molar-refractivity contribution < 1.29 is 9.72 Å². The van der Waals surface area contributed by atoms with E-state index in [-0.39, 0.29) is 5.82 Å². The van der Waals surface area contributed by atoms with Gasteiger partial charge in [-0.3, -0.25) is 4.79 Å². The van der Waals surface area contributed by atoms with Crippen molar-refractivity contribution in [2.75, 3.05) is 0 Å². The molecule has 1 aromatic heterocycles. The topological polar surface area (TPSA) is 78.0 Å². The number of nitro groups is 1. The number of hydrogen-bond acceptors (Lipinski definition) is 4. The molecular formula is C7H6Cl3N3O3. The molecule has 0 N–H and O–H groups in total. The molecular weight excluding hydrogens is 280 g/mol. The van der Waals surface area contributed by atoms with Crippen molar-refractivity contribution in [3.63, 3.8) is 0 Å². The van der Waals surface area contributed by atoms with Crippen LogP contribution in [0, 0.1) is 10.1 Å². The molecule has 0 fully saturated rings. The van der Waals surface area contributed by atoms with Crippen LogP contribution in [0.15, 0.2) is 6.20 Å². The van der Waals surface area contributed by atoms with E-state index in [9.17, 15) is 14.9 Å². The first kappa shape index (κ1) is 13.2. The van der Waals surface area contributed by atoms with Gasteiger partial charge in [0.2, 0.25) is 0 Å². The van der Waals surface area contributed by atoms with Gasteiger partial charge >= 0.3 is 5.82 Å². The Morgan fingerprint density at radius 3 is 2.56 bits per heavy atom. The first-order valence-electron chi connectivity index (χ1n) is 4.10. The maximum absolute atomic E-state index is 11.6. The quantitative estimate of drug-likeness (QED) is 0.370. The number of carbonyl (C=O) groups is 1. The lowest BCUT2D eigenvalue weighted by atomic mass is 10.4. The molecule has 0 radical (unpaired) electrons. The van der Waals surface area contributed by atoms with Gasteiger partial charge in [-0.05, 0) is 16.8 Å². The van der Waals surface area contributed by atoms with Crippen LogP contribution in [0.2, 0.25) is 0 Å². The fraction of sp³-hybridized carbons (Fsp3) is 0.429. The molecule has 0 saturated heterocycles. The first-order chi connectivity index (χ1) is 7.27. The monoisotopic (exact) mass is 285 g/mol. The number of rotatable bonds is 3. The molecule has 0 aliphatic rings. The molecule has 1 heterocycles. The van der Waals surface area contributed by atoms with E-state index >= 15 is 0 Å². The summed E-state index contributed by atoms with van der Waals surface area (Å²) in [6, 6.07) is 0. The Labute approximate surface area is 105 Å². The molecule has 1 rings (SSSR count). The highest BCUT2D eigenvalue weighted by atomic mass is 35.6. The summed E-state index contributed by atoms with van der Waals surface area (Å²) in [5, 5.41) is 10.5. The summed E-state index contributed by atoms with van der Waals surface area (Å²) < 4.78 is -0.922. The molecule has 9 heteroatoms. The first-order valence-corrected chi connectivity index (χ1v) is 5.23. The van der Waals surface area contributed by atoms with Gasteiger partial charge in [-0.2, -0.15) is 0 Å². The zero-order valence-corrected chi connectivity index (χ0v) is 10.3. The predicted molar refractivity (Wildman–Crippen MR) is 59.2 cm³/mol. The normalized spacial score (nSPS) is 11.5. The molecule has 0 aliphatic carbocycles. The Morgan fingerprint density at radius 2 is 2.19 bits per heavy atom. The Balaban J connectivity index is 3.23. The average molecular weight is 287 g/mol. The molecule has 0 unspecified atom stereocenters. The molecule has 0 bridgehead atoms. The Kier molecular flexibility index (Phi) is 3.77. The van der Waals surface area contributed by atoms with E-state index in [1.54, 1.807) is 6.92 Å². The zero-order chi connectivity index (χ0) is 12.5. The fourth-order valence-electron chi connectivity index (χ4n) is 1.04. The largest absolute Gasteiger partial charge is 0.382 e. The molecule has 0 spiro atoms. The maximum Gasteiger partial charge on any atom is 0.382 e. The summed E-state index contributed by atoms with van der Waals surface area (Å²) in [5.74, 6) is -1.60. The minimum atomic E-state index is -2.17. The van der Waals surface area contributed by atoms with Crippen molar-refractivity contribution >= 4 is 46.4 Å². The van der Waals surface area contributed by atoms with Crippen LogP contribution in [-0.2, 0) is 6.54 Å². The number of carbonyl (C=O) groups excluding carboxylic acids is 1. The second-order valence-corrected chi connectivity index (χ2v) is 5.07. The van der Waals surface area contributed by atoms with Crippen LogP contribution in [0.25, 0.3) is 0 Å². The van der Waals surface area contributed by atoms with E-state index < -0.39 is 20.3 Å². The second-order valence-electron chi connectivity index (χ2n) is 2.79. The van der Waals surface area contributed by atoms with Crippen LogP contribution >= 0.6 is 34.8 Å². The van der Waals surface area contributed by atoms with Gasteiger partial charge < -0.3 is 14.7 Å². The highest BCUT2D eigenvalue weighted by Gasteiger charge is 2.39. The van der Waals surface area contributed by atoms with Gasteiger partial charge in [0.25, 0.3) is 15.4 Å². The number of halogens is 3. The van der Waals surface area contributed by atoms with Crippen LogP contribution in [0.4, 0.5) is 5.82 Å². The van der Waals surface area contributed by atoms with Gasteiger partial charge in [0.15, 0.2) is 0 Å². The SMILES string of the molecule is CCn1cc([N+](=O)[O-])nc1C(=O)C(Cl)(Cl)Cl. The van der Waals surface area contributed by atoms with Crippen molar-refractivity contribution in [3.8, 4) is 0 Å². The number of hydrogen-bond donors (Lipinski definition) is 0. The standard InChI is InChI=1S/C7H6Cl3N3O3/c1-2-12-3-4(13(15)16)11-6(12)5(14)7(8,9)10/h3H,2H2,1H3. The second kappa shape index (κ2) is 4.57. The number of aromatic nitrogens is 2. The number of alkyl halides is 3. The van der Waals surface area contributed by atoms with Crippen molar-refractivity contribution in [2.45, 2.75) is 17.3 Å². The number of nitrogens with zero attached hydrogens (tertiary/aromatic N) is 3. The molecule has 88 valence electrons. The third kappa shape index (κ3) is 2.63. The summed E-state index contributed by atoms with van der Waals surface area (Å²) in [6.45, 7) is 1.99. The summed E-state index contributed by atoms with van der Waals surface area (Å²) >= 11 is 16.2. The smallest absolute Gasteiger partial charge is 0.358 e. The van der Waals surface area contributed by atoms with Gasteiger partial charge in [-0.1, -0.05) is 34.8 Å². The van der Waals surface area contributed by atoms with Crippen LogP contribution in [-0.4, -0.2) is 24.1 Å². The maximum atomic E-state index is 11.6. The van der Waals surface area contributed by atoms with E-state index in [2.05, 4.69) is 4.98 Å². The Bertz CT molecular complexity index is 438. The average Bonchev–Trinajstić information content (AvgIpc) is 2.58. The lowest BCUT2D eigenvalue weighted by molar-refractivity contribution is -0.389. The zero-order valence-electron chi connectivity index (χ0n) is 7.98. The molecule has 6 nitrogen and oxygen atoms in total. The number of Topliss-reactive ketones (excluding diaryl/α,β-unsaturated/α-hetero) is 1. The van der Waals surface area contributed by atoms with Crippen molar-refractivity contribution in [1.29, 1.82) is 0 Å². The van der Waals surface area contributed by atoms with Crippen LogP contribution in [0.1, 0.15) is 17.5 Å². The third-order valence-electron chi connectivity index (χ3n) is 1.75. The lowest BCUT2D eigenvalue weighted by Crippen LogP contribution is -2.23. The fourth-order valence-corrected chi connectivity index (χ4v) is 1.29. The molecule has 0 aliphatic heterocycles. The third-order valence-corrected chi connectivity index (χ3v) is 2.27. The summed E-state index contributed by atoms with van der Waals surface area (Å²) in [7, 11) is 0. The van der Waals surface area contributed by atoms with Crippen LogP contribution in [0.3, 0.4) is 0 Å². The van der Waals surface area contributed by atoms with Crippen molar-refractivity contribution in [3.05, 3.63) is 22.1 Å². The van der Waals surface area contributed by atoms with Gasteiger partial charge in [0, 0.05) is 6.54 Å². The van der Waals surface area contributed by atoms with Gasteiger partial charge in [-0.15, -0.1) is 0 Å². The summed E-state index contributed by atoms with van der Waals surface area (Å²) in [4.78, 5) is 24.8. The van der Waals surface area contributed by atoms with E-state index in [0.717, 1.165) is 6.20 Å². The van der Waals surface area contributed by atoms with Crippen LogP contribution < -0.4 is 0 Å². The van der Waals surface area contributed by atoms with Gasteiger partial charge in [-0.25, -0.2) is 0 Å². The predicted octanol–water partition coefficient (Wildman–Crippen LogP) is 2.36. The molecule has 1 aromatic rings. The molecule has 0 saturated carbocycles. The van der Waals surface area contributed by atoms with Crippen molar-refractivity contribution in [2.24, 2.45) is 0 Å².